The van der Waals surface area contributed by atoms with E-state index in [0.717, 1.165) is 6.42 Å². The zero-order valence-electron chi connectivity index (χ0n) is 12.3. The van der Waals surface area contributed by atoms with Crippen molar-refractivity contribution in [2.24, 2.45) is 5.92 Å². The summed E-state index contributed by atoms with van der Waals surface area (Å²) in [5.41, 5.74) is 0.230. The maximum Gasteiger partial charge on any atom is 0.308 e. The Balaban J connectivity index is 2.04. The maximum absolute atomic E-state index is 12.1. The molecule has 1 amide bonds. The summed E-state index contributed by atoms with van der Waals surface area (Å²) >= 11 is 0. The van der Waals surface area contributed by atoms with Gasteiger partial charge in [-0.2, -0.15) is 5.10 Å². The molecular formula is C15H18N4O3. The van der Waals surface area contributed by atoms with Crippen molar-refractivity contribution < 1.29 is 14.7 Å². The van der Waals surface area contributed by atoms with Gasteiger partial charge in [-0.15, -0.1) is 0 Å². The Morgan fingerprint density at radius 2 is 2.18 bits per heavy atom. The largest absolute Gasteiger partial charge is 0.481 e. The maximum atomic E-state index is 12.1. The van der Waals surface area contributed by atoms with Gasteiger partial charge < -0.3 is 10.4 Å². The average molecular weight is 302 g/mol. The van der Waals surface area contributed by atoms with Crippen LogP contribution in [0.2, 0.25) is 0 Å². The molecule has 0 fully saturated rings. The van der Waals surface area contributed by atoms with Crippen molar-refractivity contribution in [3.05, 3.63) is 42.4 Å². The lowest BCUT2D eigenvalue weighted by molar-refractivity contribution is -0.141. The van der Waals surface area contributed by atoms with E-state index >= 15 is 0 Å². The molecule has 0 aliphatic carbocycles. The van der Waals surface area contributed by atoms with Crippen molar-refractivity contribution >= 4 is 11.9 Å². The van der Waals surface area contributed by atoms with Crippen LogP contribution in [0.5, 0.6) is 0 Å². The van der Waals surface area contributed by atoms with Crippen LogP contribution in [-0.4, -0.2) is 38.3 Å². The van der Waals surface area contributed by atoms with Crippen molar-refractivity contribution in [2.75, 3.05) is 6.54 Å². The fourth-order valence-corrected chi connectivity index (χ4v) is 2.05. The number of rotatable bonds is 7. The number of hydrogen-bond donors (Lipinski definition) is 2. The highest BCUT2D eigenvalue weighted by atomic mass is 16.4. The Kier molecular flexibility index (Phi) is 5.24. The molecule has 1 unspecified atom stereocenters. The first kappa shape index (κ1) is 15.7. The van der Waals surface area contributed by atoms with Crippen LogP contribution in [0, 0.1) is 5.92 Å². The smallest absolute Gasteiger partial charge is 0.308 e. The third-order valence-electron chi connectivity index (χ3n) is 3.20. The molecule has 2 rings (SSSR count). The van der Waals surface area contributed by atoms with Crippen LogP contribution in [0.25, 0.3) is 5.82 Å². The number of aromatic nitrogens is 3. The SMILES string of the molecule is CCCC(CNC(=O)c1cccc(-n2cccn2)n1)C(=O)O. The van der Waals surface area contributed by atoms with Crippen LogP contribution < -0.4 is 5.32 Å². The second-order valence-electron chi connectivity index (χ2n) is 4.87. The number of carbonyl (C=O) groups excluding carboxylic acids is 1. The van der Waals surface area contributed by atoms with Crippen molar-refractivity contribution in [1.29, 1.82) is 0 Å². The van der Waals surface area contributed by atoms with E-state index in [4.69, 9.17) is 5.11 Å². The highest BCUT2D eigenvalue weighted by Crippen LogP contribution is 2.07. The summed E-state index contributed by atoms with van der Waals surface area (Å²) in [6.45, 7) is 2.00. The summed E-state index contributed by atoms with van der Waals surface area (Å²) in [4.78, 5) is 27.4. The molecule has 0 aliphatic rings. The van der Waals surface area contributed by atoms with Crippen LogP contribution in [0.3, 0.4) is 0 Å². The number of pyridine rings is 1. The van der Waals surface area contributed by atoms with Gasteiger partial charge in [-0.25, -0.2) is 9.67 Å². The molecule has 2 aromatic heterocycles. The minimum atomic E-state index is -0.902. The molecule has 0 aliphatic heterocycles. The van der Waals surface area contributed by atoms with Gasteiger partial charge in [0.1, 0.15) is 5.69 Å². The summed E-state index contributed by atoms with van der Waals surface area (Å²) in [5.74, 6) is -1.35. The molecule has 2 aromatic rings. The summed E-state index contributed by atoms with van der Waals surface area (Å²) in [5, 5.41) is 15.8. The van der Waals surface area contributed by atoms with Crippen molar-refractivity contribution in [1.82, 2.24) is 20.1 Å². The molecule has 0 saturated heterocycles. The Morgan fingerprint density at radius 3 is 2.82 bits per heavy atom. The molecular weight excluding hydrogens is 284 g/mol. The number of carboxylic acids is 1. The highest BCUT2D eigenvalue weighted by molar-refractivity contribution is 5.92. The topological polar surface area (TPSA) is 97.1 Å². The van der Waals surface area contributed by atoms with Gasteiger partial charge in [0.15, 0.2) is 5.82 Å². The lowest BCUT2D eigenvalue weighted by Gasteiger charge is -2.12. The second kappa shape index (κ2) is 7.35. The number of nitrogens with one attached hydrogen (secondary N) is 1. The molecule has 2 heterocycles. The Labute approximate surface area is 128 Å². The minimum Gasteiger partial charge on any atom is -0.481 e. The van der Waals surface area contributed by atoms with Crippen molar-refractivity contribution in [3.8, 4) is 5.82 Å². The van der Waals surface area contributed by atoms with Crippen LogP contribution in [0.1, 0.15) is 30.3 Å². The lowest BCUT2D eigenvalue weighted by Crippen LogP contribution is -2.33. The number of carbonyl (C=O) groups is 2. The number of aliphatic carboxylic acids is 1. The fraction of sp³-hybridized carbons (Fsp3) is 0.333. The predicted molar refractivity (Wildman–Crippen MR) is 79.7 cm³/mol. The van der Waals surface area contributed by atoms with Gasteiger partial charge in [0.25, 0.3) is 5.91 Å². The van der Waals surface area contributed by atoms with E-state index in [0.29, 0.717) is 12.2 Å². The number of amides is 1. The molecule has 22 heavy (non-hydrogen) atoms. The standard InChI is InChI=1S/C15H18N4O3/c1-2-5-11(15(21)22)10-16-14(20)12-6-3-7-13(18-12)19-9-4-8-17-19/h3-4,6-9,11H,2,5,10H2,1H3,(H,16,20)(H,21,22). The first-order chi connectivity index (χ1) is 10.6. The molecule has 0 bridgehead atoms. The van der Waals surface area contributed by atoms with Gasteiger partial charge in [0.2, 0.25) is 0 Å². The van der Waals surface area contributed by atoms with Crippen molar-refractivity contribution in [2.45, 2.75) is 19.8 Å². The van der Waals surface area contributed by atoms with Crippen LogP contribution >= 0.6 is 0 Å². The minimum absolute atomic E-state index is 0.0929. The van der Waals surface area contributed by atoms with E-state index in [2.05, 4.69) is 15.4 Å². The molecule has 0 aromatic carbocycles. The number of hydrogen-bond acceptors (Lipinski definition) is 4. The molecule has 0 radical (unpaired) electrons. The number of nitrogens with zero attached hydrogens (tertiary/aromatic N) is 3. The van der Waals surface area contributed by atoms with Gasteiger partial charge in [0.05, 0.1) is 5.92 Å². The predicted octanol–water partition coefficient (Wildman–Crippen LogP) is 1.50. The van der Waals surface area contributed by atoms with Gasteiger partial charge in [0, 0.05) is 18.9 Å². The second-order valence-corrected chi connectivity index (χ2v) is 4.87. The third-order valence-corrected chi connectivity index (χ3v) is 3.20. The Morgan fingerprint density at radius 1 is 1.36 bits per heavy atom. The molecule has 7 heteroatoms. The van der Waals surface area contributed by atoms with Gasteiger partial charge in [-0.1, -0.05) is 19.4 Å². The van der Waals surface area contributed by atoms with E-state index < -0.39 is 17.8 Å². The molecule has 0 saturated carbocycles. The van der Waals surface area contributed by atoms with Crippen LogP contribution in [0.15, 0.2) is 36.7 Å². The van der Waals surface area contributed by atoms with Crippen LogP contribution in [-0.2, 0) is 4.79 Å². The van der Waals surface area contributed by atoms with E-state index in [1.807, 2.05) is 6.92 Å². The lowest BCUT2D eigenvalue weighted by atomic mass is 10.0. The Hall–Kier alpha value is -2.70. The molecule has 2 N–H and O–H groups in total. The zero-order valence-corrected chi connectivity index (χ0v) is 12.3. The number of carboxylic acid groups (broad SMARTS) is 1. The average Bonchev–Trinajstić information content (AvgIpc) is 3.05. The molecule has 1 atom stereocenters. The normalized spacial score (nSPS) is 11.9. The van der Waals surface area contributed by atoms with Gasteiger partial charge >= 0.3 is 5.97 Å². The molecule has 0 spiro atoms. The zero-order chi connectivity index (χ0) is 15.9. The fourth-order valence-electron chi connectivity index (χ4n) is 2.05. The van der Waals surface area contributed by atoms with E-state index in [9.17, 15) is 9.59 Å². The highest BCUT2D eigenvalue weighted by Gasteiger charge is 2.18. The quantitative estimate of drug-likeness (QED) is 0.807. The van der Waals surface area contributed by atoms with Gasteiger partial charge in [-0.05, 0) is 24.6 Å². The van der Waals surface area contributed by atoms with E-state index in [1.54, 1.807) is 41.3 Å². The summed E-state index contributed by atoms with van der Waals surface area (Å²) in [6.07, 6.45) is 4.62. The first-order valence-electron chi connectivity index (χ1n) is 7.10. The monoisotopic (exact) mass is 302 g/mol. The van der Waals surface area contributed by atoms with Crippen molar-refractivity contribution in [3.63, 3.8) is 0 Å². The summed E-state index contributed by atoms with van der Waals surface area (Å²) in [6, 6.07) is 6.79. The van der Waals surface area contributed by atoms with E-state index in [1.165, 1.54) is 0 Å². The third kappa shape index (κ3) is 3.91. The Bertz CT molecular complexity index is 640. The van der Waals surface area contributed by atoms with Gasteiger partial charge in [-0.3, -0.25) is 9.59 Å². The summed E-state index contributed by atoms with van der Waals surface area (Å²) in [7, 11) is 0. The van der Waals surface area contributed by atoms with E-state index in [-0.39, 0.29) is 12.2 Å². The molecule has 116 valence electrons. The van der Waals surface area contributed by atoms with Crippen LogP contribution in [0.4, 0.5) is 0 Å². The first-order valence-corrected chi connectivity index (χ1v) is 7.10. The summed E-state index contributed by atoms with van der Waals surface area (Å²) < 4.78 is 1.55. The molecule has 7 nitrogen and oxygen atoms in total.